The number of sulfone groups is 1. The molecule has 0 aromatic heterocycles. The Hall–Kier alpha value is -0.350. The van der Waals surface area contributed by atoms with Crippen LogP contribution in [0.1, 0.15) is 187 Å². The molecule has 0 fully saturated rings. The molecule has 0 aromatic carbocycles. The van der Waals surface area contributed by atoms with E-state index in [4.69, 9.17) is 0 Å². The van der Waals surface area contributed by atoms with Gasteiger partial charge in [0.25, 0.3) is 0 Å². The lowest BCUT2D eigenvalue weighted by molar-refractivity contribution is 0.235. The third-order valence-corrected chi connectivity index (χ3v) is 9.12. The van der Waals surface area contributed by atoms with Crippen LogP contribution in [0.15, 0.2) is 12.0 Å². The van der Waals surface area contributed by atoms with E-state index in [1.54, 1.807) is 0 Å². The predicted molar refractivity (Wildman–Crippen MR) is 160 cm³/mol. The van der Waals surface area contributed by atoms with Crippen molar-refractivity contribution in [3.8, 4) is 0 Å². The van der Waals surface area contributed by atoms with E-state index in [0.717, 1.165) is 24.7 Å². The SMILES string of the molecule is C=CS(=O)(=O)C(O)CCCCCCCCCCCCCCCCCCCCCCCCCCCCC. The van der Waals surface area contributed by atoms with Crippen LogP contribution in [0.4, 0.5) is 0 Å². The standard InChI is InChI=1S/C32H64O3S/c1-3-5-6-7-8-9-10-11-12-13-14-15-16-17-18-19-20-21-22-23-24-25-26-27-28-29-30-31-32(33)36(34,35)4-2/h4,32-33H,2-3,5-31H2,1H3. The lowest BCUT2D eigenvalue weighted by Gasteiger charge is -2.08. The van der Waals surface area contributed by atoms with Gasteiger partial charge in [0, 0.05) is 5.41 Å². The molecule has 0 saturated carbocycles. The summed E-state index contributed by atoms with van der Waals surface area (Å²) in [7, 11) is -3.51. The van der Waals surface area contributed by atoms with Crippen molar-refractivity contribution in [2.24, 2.45) is 0 Å². The summed E-state index contributed by atoms with van der Waals surface area (Å²) in [5.74, 6) is 0. The Morgan fingerprint density at radius 2 is 0.722 bits per heavy atom. The Balaban J connectivity index is 3.13. The fourth-order valence-corrected chi connectivity index (χ4v) is 5.80. The van der Waals surface area contributed by atoms with E-state index < -0.39 is 15.3 Å². The van der Waals surface area contributed by atoms with Crippen molar-refractivity contribution < 1.29 is 13.5 Å². The van der Waals surface area contributed by atoms with Crippen molar-refractivity contribution in [2.45, 2.75) is 192 Å². The quantitative estimate of drug-likeness (QED) is 0.0943. The van der Waals surface area contributed by atoms with E-state index in [9.17, 15) is 13.5 Å². The van der Waals surface area contributed by atoms with Gasteiger partial charge < -0.3 is 5.11 Å². The summed E-state index contributed by atoms with van der Waals surface area (Å²) in [5, 5.41) is 10.5. The van der Waals surface area contributed by atoms with Crippen LogP contribution >= 0.6 is 0 Å². The third-order valence-electron chi connectivity index (χ3n) is 7.67. The molecule has 1 atom stereocenters. The predicted octanol–water partition coefficient (Wildman–Crippen LogP) is 10.8. The van der Waals surface area contributed by atoms with Crippen LogP contribution in [0.5, 0.6) is 0 Å². The summed E-state index contributed by atoms with van der Waals surface area (Å²) in [6.45, 7) is 5.54. The zero-order valence-electron chi connectivity index (χ0n) is 24.3. The first-order valence-corrected chi connectivity index (χ1v) is 17.7. The molecule has 0 aliphatic heterocycles. The first-order chi connectivity index (χ1) is 17.5. The monoisotopic (exact) mass is 528 g/mol. The highest BCUT2D eigenvalue weighted by Gasteiger charge is 2.17. The number of rotatable bonds is 30. The Kier molecular flexibility index (Phi) is 27.4. The van der Waals surface area contributed by atoms with Crippen molar-refractivity contribution in [3.05, 3.63) is 12.0 Å². The van der Waals surface area contributed by atoms with Crippen LogP contribution in [0.3, 0.4) is 0 Å². The van der Waals surface area contributed by atoms with Gasteiger partial charge in [-0.25, -0.2) is 8.42 Å². The van der Waals surface area contributed by atoms with E-state index in [1.165, 1.54) is 154 Å². The average Bonchev–Trinajstić information content (AvgIpc) is 2.88. The fraction of sp³-hybridized carbons (Fsp3) is 0.938. The number of hydrogen-bond donors (Lipinski definition) is 1. The van der Waals surface area contributed by atoms with E-state index in [1.807, 2.05) is 0 Å². The first kappa shape index (κ1) is 35.6. The highest BCUT2D eigenvalue weighted by molar-refractivity contribution is 7.94. The minimum atomic E-state index is -3.51. The number of unbranched alkanes of at least 4 members (excludes halogenated alkanes) is 26. The highest BCUT2D eigenvalue weighted by atomic mass is 32.2. The van der Waals surface area contributed by atoms with Crippen LogP contribution in [-0.4, -0.2) is 19.0 Å². The Bertz CT molecular complexity index is 544. The second-order valence-corrected chi connectivity index (χ2v) is 13.2. The second-order valence-electron chi connectivity index (χ2n) is 11.2. The normalized spacial score (nSPS) is 12.7. The van der Waals surface area contributed by atoms with E-state index >= 15 is 0 Å². The van der Waals surface area contributed by atoms with Crippen LogP contribution < -0.4 is 0 Å². The maximum Gasteiger partial charge on any atom is 0.197 e. The fourth-order valence-electron chi connectivity index (χ4n) is 5.09. The van der Waals surface area contributed by atoms with Gasteiger partial charge in [-0.1, -0.05) is 180 Å². The molecular formula is C32H64O3S. The lowest BCUT2D eigenvalue weighted by atomic mass is 10.0. The zero-order chi connectivity index (χ0) is 26.6. The first-order valence-electron chi connectivity index (χ1n) is 16.1. The minimum Gasteiger partial charge on any atom is -0.377 e. The van der Waals surface area contributed by atoms with Crippen molar-refractivity contribution in [1.82, 2.24) is 0 Å². The molecule has 0 aliphatic carbocycles. The number of aliphatic hydroxyl groups is 1. The van der Waals surface area contributed by atoms with Crippen molar-refractivity contribution >= 4 is 9.84 Å². The molecule has 0 radical (unpaired) electrons. The minimum absolute atomic E-state index is 0.327. The van der Waals surface area contributed by atoms with Crippen LogP contribution in [0.25, 0.3) is 0 Å². The summed E-state index contributed by atoms with van der Waals surface area (Å²) in [5.41, 5.74) is -1.27. The molecule has 0 saturated heterocycles. The molecule has 0 aliphatic rings. The van der Waals surface area contributed by atoms with Gasteiger partial charge in [-0.15, -0.1) is 0 Å². The van der Waals surface area contributed by atoms with Gasteiger partial charge in [0.15, 0.2) is 15.3 Å². The van der Waals surface area contributed by atoms with Crippen LogP contribution in [0.2, 0.25) is 0 Å². The molecule has 0 spiro atoms. The molecule has 0 heterocycles. The summed E-state index contributed by atoms with van der Waals surface area (Å²) in [6, 6.07) is 0. The number of aliphatic hydroxyl groups excluding tert-OH is 1. The second kappa shape index (κ2) is 27.7. The molecule has 36 heavy (non-hydrogen) atoms. The highest BCUT2D eigenvalue weighted by Crippen LogP contribution is 2.17. The molecule has 0 rings (SSSR count). The zero-order valence-corrected chi connectivity index (χ0v) is 25.1. The Morgan fingerprint density at radius 3 is 0.944 bits per heavy atom. The largest absolute Gasteiger partial charge is 0.377 e. The van der Waals surface area contributed by atoms with Gasteiger partial charge in [0.2, 0.25) is 0 Å². The Morgan fingerprint density at radius 1 is 0.500 bits per heavy atom. The molecule has 3 nitrogen and oxygen atoms in total. The van der Waals surface area contributed by atoms with Gasteiger partial charge in [-0.3, -0.25) is 0 Å². The molecule has 216 valence electrons. The van der Waals surface area contributed by atoms with Crippen molar-refractivity contribution in [2.75, 3.05) is 0 Å². The lowest BCUT2D eigenvalue weighted by Crippen LogP contribution is -2.17. The smallest absolute Gasteiger partial charge is 0.197 e. The summed E-state index contributed by atoms with van der Waals surface area (Å²) < 4.78 is 22.8. The molecule has 0 aromatic rings. The molecule has 0 amide bonds. The summed E-state index contributed by atoms with van der Waals surface area (Å²) in [4.78, 5) is 0. The molecule has 4 heteroatoms. The Labute approximate surface area is 227 Å². The topological polar surface area (TPSA) is 54.4 Å². The molecule has 1 unspecified atom stereocenters. The number of hydrogen-bond acceptors (Lipinski definition) is 3. The van der Waals surface area contributed by atoms with Gasteiger partial charge in [0.05, 0.1) is 0 Å². The van der Waals surface area contributed by atoms with Crippen LogP contribution in [-0.2, 0) is 9.84 Å². The average molecular weight is 529 g/mol. The van der Waals surface area contributed by atoms with Gasteiger partial charge in [-0.2, -0.15) is 0 Å². The molecular weight excluding hydrogens is 464 g/mol. The van der Waals surface area contributed by atoms with Crippen molar-refractivity contribution in [1.29, 1.82) is 0 Å². The van der Waals surface area contributed by atoms with E-state index in [0.29, 0.717) is 6.42 Å². The van der Waals surface area contributed by atoms with E-state index in [2.05, 4.69) is 13.5 Å². The van der Waals surface area contributed by atoms with Gasteiger partial charge in [0.1, 0.15) is 0 Å². The molecule has 0 bridgehead atoms. The molecule has 1 N–H and O–H groups in total. The summed E-state index contributed by atoms with van der Waals surface area (Å²) >= 11 is 0. The summed E-state index contributed by atoms with van der Waals surface area (Å²) in [6.07, 6.45) is 37.2. The van der Waals surface area contributed by atoms with Crippen molar-refractivity contribution in [3.63, 3.8) is 0 Å². The van der Waals surface area contributed by atoms with Gasteiger partial charge >= 0.3 is 0 Å². The third kappa shape index (κ3) is 25.3. The van der Waals surface area contributed by atoms with Crippen LogP contribution in [0, 0.1) is 0 Å². The maximum atomic E-state index is 11.4. The van der Waals surface area contributed by atoms with Gasteiger partial charge in [-0.05, 0) is 12.8 Å². The van der Waals surface area contributed by atoms with E-state index in [-0.39, 0.29) is 0 Å². The maximum absolute atomic E-state index is 11.4.